The molecule has 24 heavy (non-hydrogen) atoms. The number of carboxylic acids is 1. The molecule has 9 heteroatoms. The van der Waals surface area contributed by atoms with Crippen molar-refractivity contribution >= 4 is 34.6 Å². The quantitative estimate of drug-likeness (QED) is 0.183. The Kier molecular flexibility index (Phi) is 6.40. The lowest BCUT2D eigenvalue weighted by Crippen LogP contribution is -2.58. The van der Waals surface area contributed by atoms with Gasteiger partial charge in [-0.25, -0.2) is 4.79 Å². The third kappa shape index (κ3) is 4.36. The number of benzene rings is 1. The van der Waals surface area contributed by atoms with Crippen LogP contribution in [0.25, 0.3) is 6.08 Å². The molecule has 1 fully saturated rings. The topological polar surface area (TPSA) is 137 Å². The van der Waals surface area contributed by atoms with E-state index in [0.29, 0.717) is 9.99 Å². The number of halogens is 1. The summed E-state index contributed by atoms with van der Waals surface area (Å²) in [6.07, 6.45) is -5.49. The Labute approximate surface area is 151 Å². The number of hydrogen-bond donors (Lipinski definition) is 5. The molecule has 8 nitrogen and oxygen atoms in total. The Bertz CT molecular complexity index is 600. The molecule has 0 aliphatic carbocycles. The molecule has 5 atom stereocenters. The zero-order valence-corrected chi connectivity index (χ0v) is 14.5. The van der Waals surface area contributed by atoms with Crippen LogP contribution in [-0.4, -0.2) is 66.6 Å². The van der Waals surface area contributed by atoms with Crippen LogP contribution in [0.4, 0.5) is 0 Å². The molecule has 1 aliphatic rings. The molecule has 0 aromatic heterocycles. The van der Waals surface area contributed by atoms with Crippen molar-refractivity contribution in [1.29, 1.82) is 0 Å². The van der Waals surface area contributed by atoms with Gasteiger partial charge in [0.15, 0.2) is 0 Å². The molecule has 1 aromatic carbocycles. The fourth-order valence-electron chi connectivity index (χ4n) is 2.13. The fraction of sp³-hybridized carbons (Fsp3) is 0.400. The van der Waals surface area contributed by atoms with Gasteiger partial charge in [0, 0.05) is 4.43 Å². The molecular weight excluding hydrogens is 435 g/mol. The first-order chi connectivity index (χ1) is 11.3. The van der Waals surface area contributed by atoms with E-state index in [1.165, 1.54) is 30.3 Å². The van der Waals surface area contributed by atoms with E-state index in [1.807, 2.05) is 22.6 Å². The van der Waals surface area contributed by atoms with Gasteiger partial charge in [0.25, 0.3) is 0 Å². The van der Waals surface area contributed by atoms with Gasteiger partial charge in [-0.05, 0) is 23.8 Å². The molecule has 0 spiro atoms. The molecule has 0 bridgehead atoms. The lowest BCUT2D eigenvalue weighted by molar-refractivity contribution is -0.281. The minimum absolute atomic E-state index is 0.0259. The monoisotopic (exact) mass is 452 g/mol. The number of aliphatic hydroxyl groups excluding tert-OH is 3. The number of aromatic hydroxyl groups is 1. The number of aliphatic hydroxyl groups is 3. The normalized spacial score (nSPS) is 30.8. The lowest BCUT2D eigenvalue weighted by atomic mass is 10.00. The van der Waals surface area contributed by atoms with Gasteiger partial charge in [0.2, 0.25) is 12.0 Å². The van der Waals surface area contributed by atoms with E-state index >= 15 is 0 Å². The highest BCUT2D eigenvalue weighted by Crippen LogP contribution is 2.25. The summed E-state index contributed by atoms with van der Waals surface area (Å²) in [4.78, 5) is 11.4. The number of hydrogen-bond acceptors (Lipinski definition) is 7. The number of carboxylic acid groups (broad SMARTS) is 1. The van der Waals surface area contributed by atoms with Crippen molar-refractivity contribution < 1.29 is 39.8 Å². The van der Waals surface area contributed by atoms with Crippen LogP contribution in [0.1, 0.15) is 5.56 Å². The van der Waals surface area contributed by atoms with Crippen molar-refractivity contribution in [3.63, 3.8) is 0 Å². The minimum atomic E-state index is -1.61. The van der Waals surface area contributed by atoms with E-state index < -0.39 is 42.4 Å². The van der Waals surface area contributed by atoms with Crippen LogP contribution in [0, 0.1) is 0 Å². The van der Waals surface area contributed by atoms with Crippen molar-refractivity contribution in [2.24, 2.45) is 0 Å². The van der Waals surface area contributed by atoms with Crippen LogP contribution in [0.3, 0.4) is 0 Å². The smallest absolute Gasteiger partial charge is 0.371 e. The maximum absolute atomic E-state index is 11.4. The number of ether oxygens (including phenoxy) is 2. The Hall–Kier alpha value is -1.40. The van der Waals surface area contributed by atoms with E-state index in [1.54, 1.807) is 0 Å². The number of phenolic OH excluding ortho intramolecular Hbond substituents is 1. The second-order valence-corrected chi connectivity index (χ2v) is 6.07. The van der Waals surface area contributed by atoms with Crippen molar-refractivity contribution in [2.45, 2.75) is 30.7 Å². The third-order valence-electron chi connectivity index (χ3n) is 3.47. The maximum atomic E-state index is 11.4. The van der Waals surface area contributed by atoms with Crippen molar-refractivity contribution in [3.8, 4) is 5.75 Å². The first-order valence-electron chi connectivity index (χ1n) is 6.99. The van der Waals surface area contributed by atoms with Crippen LogP contribution >= 0.6 is 22.6 Å². The SMILES string of the molecule is O=C(O)/C(=C/c1ccc(O)cc1)O[C@@H]1O[C@H](CI)[C@H](O)[C@H](O)[C@H]1O. The number of carbonyl (C=O) groups is 1. The van der Waals surface area contributed by atoms with Crippen LogP contribution in [0.15, 0.2) is 30.0 Å². The summed E-state index contributed by atoms with van der Waals surface area (Å²) in [5, 5.41) is 48.0. The molecular formula is C15H17IO8. The first kappa shape index (κ1) is 18.9. The van der Waals surface area contributed by atoms with Gasteiger partial charge in [-0.2, -0.15) is 0 Å². The predicted molar refractivity (Wildman–Crippen MR) is 90.4 cm³/mol. The average Bonchev–Trinajstić information content (AvgIpc) is 2.56. The second kappa shape index (κ2) is 8.12. The molecule has 0 saturated carbocycles. The van der Waals surface area contributed by atoms with E-state index in [-0.39, 0.29) is 5.75 Å². The maximum Gasteiger partial charge on any atom is 0.371 e. The first-order valence-corrected chi connectivity index (χ1v) is 8.52. The number of phenols is 1. The summed E-state index contributed by atoms with van der Waals surface area (Å²) < 4.78 is 10.8. The van der Waals surface area contributed by atoms with E-state index in [4.69, 9.17) is 9.47 Å². The standard InChI is InChI=1S/C15H17IO8/c16-6-10-11(18)12(19)13(20)15(24-10)23-9(14(21)22)5-7-1-3-8(17)4-2-7/h1-5,10-13,15,17-20H,6H2,(H,21,22)/b9-5-/t10-,11+,12+,13-,15-/m1/s1. The third-order valence-corrected chi connectivity index (χ3v) is 4.33. The van der Waals surface area contributed by atoms with E-state index in [0.717, 1.165) is 0 Å². The fourth-order valence-corrected chi connectivity index (χ4v) is 2.86. The molecule has 1 saturated heterocycles. The van der Waals surface area contributed by atoms with Gasteiger partial charge in [-0.3, -0.25) is 0 Å². The van der Waals surface area contributed by atoms with Gasteiger partial charge in [0.05, 0.1) is 6.10 Å². The molecule has 1 aliphatic heterocycles. The van der Waals surface area contributed by atoms with Crippen LogP contribution in [0.2, 0.25) is 0 Å². The van der Waals surface area contributed by atoms with Gasteiger partial charge >= 0.3 is 5.97 Å². The largest absolute Gasteiger partial charge is 0.508 e. The highest BCUT2D eigenvalue weighted by molar-refractivity contribution is 14.1. The summed E-state index contributed by atoms with van der Waals surface area (Å²) in [6, 6.07) is 5.71. The Morgan fingerprint density at radius 2 is 1.79 bits per heavy atom. The lowest BCUT2D eigenvalue weighted by Gasteiger charge is -2.39. The minimum Gasteiger partial charge on any atom is -0.508 e. The summed E-state index contributed by atoms with van der Waals surface area (Å²) in [7, 11) is 0. The van der Waals surface area contributed by atoms with Crippen LogP contribution in [0.5, 0.6) is 5.75 Å². The molecule has 0 radical (unpaired) electrons. The van der Waals surface area contributed by atoms with Crippen molar-refractivity contribution in [1.82, 2.24) is 0 Å². The summed E-state index contributed by atoms with van der Waals surface area (Å²) in [5.74, 6) is -1.89. The molecule has 1 aromatic rings. The molecule has 132 valence electrons. The number of aliphatic carboxylic acids is 1. The molecule has 5 N–H and O–H groups in total. The zero-order valence-electron chi connectivity index (χ0n) is 12.3. The highest BCUT2D eigenvalue weighted by Gasteiger charge is 2.45. The Morgan fingerprint density at radius 1 is 1.17 bits per heavy atom. The average molecular weight is 452 g/mol. The molecule has 0 amide bonds. The van der Waals surface area contributed by atoms with E-state index in [9.17, 15) is 30.3 Å². The Balaban J connectivity index is 2.20. The molecule has 0 unspecified atom stereocenters. The highest BCUT2D eigenvalue weighted by atomic mass is 127. The summed E-state index contributed by atoms with van der Waals surface area (Å²) in [6.45, 7) is 0. The summed E-state index contributed by atoms with van der Waals surface area (Å²) >= 11 is 1.93. The van der Waals surface area contributed by atoms with Gasteiger partial charge in [0.1, 0.15) is 24.1 Å². The van der Waals surface area contributed by atoms with Gasteiger partial charge in [-0.15, -0.1) is 0 Å². The Morgan fingerprint density at radius 3 is 2.33 bits per heavy atom. The van der Waals surface area contributed by atoms with E-state index in [2.05, 4.69) is 0 Å². The second-order valence-electron chi connectivity index (χ2n) is 5.19. The van der Waals surface area contributed by atoms with Crippen molar-refractivity contribution in [3.05, 3.63) is 35.6 Å². The van der Waals surface area contributed by atoms with Crippen LogP contribution < -0.4 is 0 Å². The number of alkyl halides is 1. The van der Waals surface area contributed by atoms with Crippen molar-refractivity contribution in [2.75, 3.05) is 4.43 Å². The number of rotatable bonds is 5. The predicted octanol–water partition coefficient (Wildman–Crippen LogP) is 0.0769. The van der Waals surface area contributed by atoms with Crippen LogP contribution in [-0.2, 0) is 14.3 Å². The zero-order chi connectivity index (χ0) is 17.9. The molecule has 1 heterocycles. The molecule has 2 rings (SSSR count). The van der Waals surface area contributed by atoms with Gasteiger partial charge < -0.3 is 35.0 Å². The summed E-state index contributed by atoms with van der Waals surface area (Å²) in [5.41, 5.74) is 0.446. The van der Waals surface area contributed by atoms with Gasteiger partial charge in [-0.1, -0.05) is 34.7 Å².